The number of pyridine rings is 1. The molecule has 4 heterocycles. The first-order valence-electron chi connectivity index (χ1n) is 11.7. The normalized spacial score (nSPS) is 24.6. The predicted molar refractivity (Wildman–Crippen MR) is 123 cm³/mol. The minimum absolute atomic E-state index is 0.188. The number of fused-ring (bicyclic) bond motifs is 5. The van der Waals surface area contributed by atoms with E-state index in [0.29, 0.717) is 24.1 Å². The summed E-state index contributed by atoms with van der Waals surface area (Å²) in [6.07, 6.45) is 11.2. The molecular formula is C25H29N5O2. The molecule has 2 fully saturated rings. The van der Waals surface area contributed by atoms with Gasteiger partial charge in [0.05, 0.1) is 24.0 Å². The minimum Gasteiger partial charge on any atom is -0.503 e. The van der Waals surface area contributed by atoms with Gasteiger partial charge in [0.15, 0.2) is 11.4 Å². The summed E-state index contributed by atoms with van der Waals surface area (Å²) in [6.45, 7) is 5.41. The first kappa shape index (κ1) is 19.6. The zero-order valence-corrected chi connectivity index (χ0v) is 18.3. The molecular weight excluding hydrogens is 402 g/mol. The smallest absolute Gasteiger partial charge is 0.251 e. The minimum atomic E-state index is -0.467. The molecule has 2 saturated carbocycles. The van der Waals surface area contributed by atoms with Gasteiger partial charge in [0, 0.05) is 23.8 Å². The molecule has 2 aliphatic carbocycles. The van der Waals surface area contributed by atoms with Crippen LogP contribution in [0.1, 0.15) is 49.9 Å². The number of nitrogens with one attached hydrogen (secondary N) is 1. The second kappa shape index (κ2) is 7.22. The van der Waals surface area contributed by atoms with Gasteiger partial charge < -0.3 is 15.0 Å². The van der Waals surface area contributed by atoms with Crippen LogP contribution in [0.2, 0.25) is 0 Å². The molecule has 1 spiro atoms. The molecule has 3 aliphatic rings. The summed E-state index contributed by atoms with van der Waals surface area (Å²) in [4.78, 5) is 17.7. The van der Waals surface area contributed by atoms with E-state index in [1.54, 1.807) is 4.68 Å². The predicted octanol–water partition coefficient (Wildman–Crippen LogP) is 3.41. The van der Waals surface area contributed by atoms with E-state index in [-0.39, 0.29) is 17.0 Å². The lowest BCUT2D eigenvalue weighted by atomic mass is 9.97. The Bertz CT molecular complexity index is 1270. The van der Waals surface area contributed by atoms with Crippen molar-refractivity contribution >= 4 is 16.7 Å². The van der Waals surface area contributed by atoms with Gasteiger partial charge in [-0.1, -0.05) is 19.4 Å². The van der Waals surface area contributed by atoms with E-state index in [9.17, 15) is 9.90 Å². The maximum absolute atomic E-state index is 12.6. The Morgan fingerprint density at radius 1 is 1.19 bits per heavy atom. The number of hydrogen-bond donors (Lipinski definition) is 2. The quantitative estimate of drug-likeness (QED) is 0.570. The van der Waals surface area contributed by atoms with Crippen LogP contribution in [-0.2, 0) is 18.5 Å². The van der Waals surface area contributed by atoms with E-state index in [2.05, 4.69) is 46.0 Å². The van der Waals surface area contributed by atoms with Crippen LogP contribution in [0.25, 0.3) is 16.7 Å². The monoisotopic (exact) mass is 431 g/mol. The van der Waals surface area contributed by atoms with Crippen molar-refractivity contribution in [3.05, 3.63) is 58.8 Å². The first-order chi connectivity index (χ1) is 15.5. The van der Waals surface area contributed by atoms with Gasteiger partial charge in [0.2, 0.25) is 0 Å². The van der Waals surface area contributed by atoms with E-state index in [4.69, 9.17) is 4.98 Å². The standard InChI is InChI=1S/C25H29N5O2/c1-16-22-23(32)21(31)14-29(28-22)15-25(9-2-3-10-25)30-11-8-17-4-6-20(27-24(17)30)7-5-18-12-19(18)13-26-16/h4,6,8,11,14,18-19,26,31H,1-3,5,7,9-10,12-13,15H2. The van der Waals surface area contributed by atoms with Gasteiger partial charge in [-0.2, -0.15) is 5.10 Å². The van der Waals surface area contributed by atoms with Crippen LogP contribution in [0.3, 0.4) is 0 Å². The van der Waals surface area contributed by atoms with Crippen LogP contribution in [0.15, 0.2) is 42.0 Å². The van der Waals surface area contributed by atoms with Crippen LogP contribution in [-0.4, -0.2) is 31.0 Å². The molecule has 3 aromatic rings. The van der Waals surface area contributed by atoms with Gasteiger partial charge >= 0.3 is 0 Å². The number of aryl methyl sites for hydroxylation is 1. The largest absolute Gasteiger partial charge is 0.503 e. The molecule has 3 aromatic heterocycles. The van der Waals surface area contributed by atoms with Crippen molar-refractivity contribution in [2.24, 2.45) is 11.8 Å². The Morgan fingerprint density at radius 3 is 2.88 bits per heavy atom. The van der Waals surface area contributed by atoms with Crippen molar-refractivity contribution < 1.29 is 5.11 Å². The van der Waals surface area contributed by atoms with Gasteiger partial charge in [-0.05, 0) is 62.1 Å². The highest BCUT2D eigenvalue weighted by Crippen LogP contribution is 2.42. The lowest BCUT2D eigenvalue weighted by molar-refractivity contribution is 0.240. The Hall–Kier alpha value is -3.09. The highest BCUT2D eigenvalue weighted by Gasteiger charge is 2.39. The Kier molecular flexibility index (Phi) is 4.42. The zero-order valence-electron chi connectivity index (χ0n) is 18.3. The first-order valence-corrected chi connectivity index (χ1v) is 11.7. The van der Waals surface area contributed by atoms with Gasteiger partial charge in [0.1, 0.15) is 5.65 Å². The van der Waals surface area contributed by atoms with Crippen molar-refractivity contribution in [2.75, 3.05) is 6.54 Å². The molecule has 0 aromatic carbocycles. The van der Waals surface area contributed by atoms with Crippen LogP contribution in [0, 0.1) is 11.8 Å². The van der Waals surface area contributed by atoms with Crippen LogP contribution in [0.5, 0.6) is 5.75 Å². The molecule has 2 atom stereocenters. The average Bonchev–Trinajstić information content (AvgIpc) is 3.15. The molecule has 1 aliphatic heterocycles. The summed E-state index contributed by atoms with van der Waals surface area (Å²) in [7, 11) is 0. The molecule has 4 bridgehead atoms. The number of rotatable bonds is 0. The van der Waals surface area contributed by atoms with Crippen molar-refractivity contribution in [3.63, 3.8) is 0 Å². The summed E-state index contributed by atoms with van der Waals surface area (Å²) in [6, 6.07) is 6.50. The fourth-order valence-electron chi connectivity index (χ4n) is 5.77. The van der Waals surface area contributed by atoms with Crippen LogP contribution in [0.4, 0.5) is 0 Å². The lowest BCUT2D eigenvalue weighted by Gasteiger charge is -2.32. The Morgan fingerprint density at radius 2 is 2.03 bits per heavy atom. The van der Waals surface area contributed by atoms with Crippen molar-refractivity contribution in [2.45, 2.75) is 57.0 Å². The topological polar surface area (TPSA) is 85.0 Å². The third-order valence-corrected chi connectivity index (χ3v) is 7.75. The van der Waals surface area contributed by atoms with Crippen LogP contribution >= 0.6 is 0 Å². The number of nitrogens with zero attached hydrogens (tertiary/aromatic N) is 4. The van der Waals surface area contributed by atoms with Crippen molar-refractivity contribution in [1.29, 1.82) is 0 Å². The summed E-state index contributed by atoms with van der Waals surface area (Å²) >= 11 is 0. The SMILES string of the molecule is C=C1NCC2CC2CCc2ccc3ccn(c3n2)C2(CCCC2)Cn2cc(O)c(=O)c1n2. The van der Waals surface area contributed by atoms with Gasteiger partial charge in [-0.15, -0.1) is 0 Å². The second-order valence-electron chi connectivity index (χ2n) is 9.88. The molecule has 7 heteroatoms. The summed E-state index contributed by atoms with van der Waals surface area (Å²) in [5.74, 6) is 0.963. The highest BCUT2D eigenvalue weighted by molar-refractivity contribution is 5.76. The van der Waals surface area contributed by atoms with E-state index in [0.717, 1.165) is 61.8 Å². The van der Waals surface area contributed by atoms with Crippen LogP contribution < -0.4 is 10.7 Å². The number of hydrogen-bond acceptors (Lipinski definition) is 5. The van der Waals surface area contributed by atoms with Crippen molar-refractivity contribution in [1.82, 2.24) is 24.6 Å². The Balaban J connectivity index is 1.50. The van der Waals surface area contributed by atoms with Gasteiger partial charge in [-0.3, -0.25) is 9.48 Å². The molecule has 2 unspecified atom stereocenters. The molecule has 0 saturated heterocycles. The summed E-state index contributed by atoms with van der Waals surface area (Å²) in [5.41, 5.74) is 2.23. The molecule has 7 nitrogen and oxygen atoms in total. The summed E-state index contributed by atoms with van der Waals surface area (Å²) in [5, 5.41) is 19.5. The zero-order chi connectivity index (χ0) is 21.9. The van der Waals surface area contributed by atoms with Gasteiger partial charge in [0.25, 0.3) is 5.43 Å². The molecule has 0 radical (unpaired) electrons. The molecule has 166 valence electrons. The average molecular weight is 432 g/mol. The number of aromatic hydroxyl groups is 1. The fraction of sp³-hybridized carbons (Fsp3) is 0.480. The maximum Gasteiger partial charge on any atom is 0.251 e. The number of aromatic nitrogens is 4. The van der Waals surface area contributed by atoms with Gasteiger partial charge in [-0.25, -0.2) is 4.98 Å². The molecule has 0 amide bonds. The molecule has 32 heavy (non-hydrogen) atoms. The third-order valence-electron chi connectivity index (χ3n) is 7.75. The Labute approximate surface area is 186 Å². The summed E-state index contributed by atoms with van der Waals surface area (Å²) < 4.78 is 4.06. The lowest BCUT2D eigenvalue weighted by Crippen LogP contribution is -2.36. The maximum atomic E-state index is 12.6. The van der Waals surface area contributed by atoms with E-state index in [1.165, 1.54) is 12.6 Å². The highest BCUT2D eigenvalue weighted by atomic mass is 16.3. The van der Waals surface area contributed by atoms with E-state index in [1.807, 2.05) is 0 Å². The molecule has 6 rings (SSSR count). The molecule has 2 N–H and O–H groups in total. The van der Waals surface area contributed by atoms with Crippen molar-refractivity contribution in [3.8, 4) is 5.75 Å². The second-order valence-corrected chi connectivity index (χ2v) is 9.88. The third kappa shape index (κ3) is 3.22. The van der Waals surface area contributed by atoms with E-state index < -0.39 is 5.43 Å². The van der Waals surface area contributed by atoms with E-state index >= 15 is 0 Å². The fourth-order valence-corrected chi connectivity index (χ4v) is 5.77.